The molecular formula is C19H29N5S. The lowest BCUT2D eigenvalue weighted by molar-refractivity contribution is 0.249. The fourth-order valence-electron chi connectivity index (χ4n) is 2.39. The molecule has 1 heterocycles. The summed E-state index contributed by atoms with van der Waals surface area (Å²) in [5, 5.41) is 7.78. The predicted octanol–water partition coefficient (Wildman–Crippen LogP) is 3.03. The van der Waals surface area contributed by atoms with E-state index in [-0.39, 0.29) is 0 Å². The fraction of sp³-hybridized carbons (Fsp3) is 0.474. The van der Waals surface area contributed by atoms with Crippen molar-refractivity contribution in [2.75, 3.05) is 20.1 Å². The summed E-state index contributed by atoms with van der Waals surface area (Å²) in [6.45, 7) is 9.61. The van der Waals surface area contributed by atoms with Crippen LogP contribution in [0.1, 0.15) is 29.3 Å². The number of nitrogens with one attached hydrogen (secondary N) is 2. The van der Waals surface area contributed by atoms with Gasteiger partial charge < -0.3 is 10.6 Å². The van der Waals surface area contributed by atoms with E-state index in [4.69, 9.17) is 0 Å². The Morgan fingerprint density at radius 1 is 1.28 bits per heavy atom. The lowest BCUT2D eigenvalue weighted by Crippen LogP contribution is -2.44. The number of rotatable bonds is 8. The summed E-state index contributed by atoms with van der Waals surface area (Å²) in [7, 11) is 2.15. The van der Waals surface area contributed by atoms with Gasteiger partial charge in [0.2, 0.25) is 0 Å². The summed E-state index contributed by atoms with van der Waals surface area (Å²) >= 11 is 1.70. The Morgan fingerprint density at radius 3 is 2.68 bits per heavy atom. The van der Waals surface area contributed by atoms with E-state index in [1.54, 1.807) is 11.3 Å². The molecule has 0 fully saturated rings. The average molecular weight is 360 g/mol. The van der Waals surface area contributed by atoms with E-state index >= 15 is 0 Å². The van der Waals surface area contributed by atoms with Crippen LogP contribution >= 0.6 is 11.3 Å². The van der Waals surface area contributed by atoms with Gasteiger partial charge in [-0.15, -0.1) is 11.3 Å². The molecule has 0 spiro atoms. The molecule has 25 heavy (non-hydrogen) atoms. The van der Waals surface area contributed by atoms with Crippen molar-refractivity contribution >= 4 is 17.3 Å². The maximum Gasteiger partial charge on any atom is 0.191 e. The third-order valence-corrected chi connectivity index (χ3v) is 4.88. The minimum Gasteiger partial charge on any atom is -0.357 e. The van der Waals surface area contributed by atoms with Gasteiger partial charge in [-0.2, -0.15) is 0 Å². The molecule has 0 aliphatic carbocycles. The molecule has 0 saturated heterocycles. The van der Waals surface area contributed by atoms with Gasteiger partial charge in [0.05, 0.1) is 6.54 Å². The quantitative estimate of drug-likeness (QED) is 0.562. The Bertz CT molecular complexity index is 653. The Kier molecular flexibility index (Phi) is 7.88. The minimum absolute atomic E-state index is 0.395. The van der Waals surface area contributed by atoms with E-state index in [0.717, 1.165) is 30.6 Å². The normalized spacial score (nSPS) is 13.1. The lowest BCUT2D eigenvalue weighted by Gasteiger charge is -2.25. The summed E-state index contributed by atoms with van der Waals surface area (Å²) < 4.78 is 0. The zero-order valence-corrected chi connectivity index (χ0v) is 16.4. The van der Waals surface area contributed by atoms with E-state index in [1.165, 1.54) is 10.4 Å². The van der Waals surface area contributed by atoms with Gasteiger partial charge in [-0.1, -0.05) is 30.3 Å². The molecule has 0 aliphatic heterocycles. The molecule has 2 aromatic rings. The fourth-order valence-corrected chi connectivity index (χ4v) is 3.10. The summed E-state index contributed by atoms with van der Waals surface area (Å²) in [6, 6.07) is 10.9. The highest BCUT2D eigenvalue weighted by Gasteiger charge is 2.10. The maximum atomic E-state index is 4.64. The lowest BCUT2D eigenvalue weighted by atomic mass is 10.2. The molecule has 2 rings (SSSR count). The van der Waals surface area contributed by atoms with Crippen molar-refractivity contribution in [2.24, 2.45) is 4.99 Å². The zero-order chi connectivity index (χ0) is 18.1. The van der Waals surface area contributed by atoms with Crippen LogP contribution in [0.5, 0.6) is 0 Å². The number of hydrogen-bond acceptors (Lipinski definition) is 4. The van der Waals surface area contributed by atoms with Gasteiger partial charge in [-0.3, -0.25) is 4.90 Å². The summed E-state index contributed by atoms with van der Waals surface area (Å²) in [5.74, 6) is 0.843. The summed E-state index contributed by atoms with van der Waals surface area (Å²) in [6.07, 6.45) is 1.90. The highest BCUT2D eigenvalue weighted by atomic mass is 32.1. The van der Waals surface area contributed by atoms with E-state index < -0.39 is 0 Å². The Hall–Kier alpha value is -1.92. The molecule has 1 unspecified atom stereocenters. The van der Waals surface area contributed by atoms with Gasteiger partial charge >= 0.3 is 0 Å². The third-order valence-electron chi connectivity index (χ3n) is 3.98. The Labute approximate surface area is 155 Å². The van der Waals surface area contributed by atoms with Crippen molar-refractivity contribution in [3.8, 4) is 0 Å². The molecule has 5 nitrogen and oxygen atoms in total. The van der Waals surface area contributed by atoms with Gasteiger partial charge in [-0.25, -0.2) is 9.98 Å². The first kappa shape index (κ1) is 19.4. The first-order chi connectivity index (χ1) is 12.1. The largest absolute Gasteiger partial charge is 0.357 e. The number of hydrogen-bond donors (Lipinski definition) is 2. The third kappa shape index (κ3) is 6.84. The number of nitrogens with zero attached hydrogens (tertiary/aromatic N) is 3. The molecule has 1 atom stereocenters. The molecule has 0 radical (unpaired) electrons. The topological polar surface area (TPSA) is 52.6 Å². The highest BCUT2D eigenvalue weighted by Crippen LogP contribution is 2.11. The number of benzene rings is 1. The van der Waals surface area contributed by atoms with E-state index in [9.17, 15) is 0 Å². The number of guanidine groups is 1. The molecule has 136 valence electrons. The van der Waals surface area contributed by atoms with Crippen molar-refractivity contribution in [1.29, 1.82) is 0 Å². The van der Waals surface area contributed by atoms with Gasteiger partial charge in [0.25, 0.3) is 0 Å². The van der Waals surface area contributed by atoms with Gasteiger partial charge in [0.15, 0.2) is 5.96 Å². The summed E-state index contributed by atoms with van der Waals surface area (Å²) in [5.41, 5.74) is 1.33. The van der Waals surface area contributed by atoms with Crippen LogP contribution < -0.4 is 10.6 Å². The van der Waals surface area contributed by atoms with Crippen molar-refractivity contribution in [3.63, 3.8) is 0 Å². The molecule has 0 bridgehead atoms. The van der Waals surface area contributed by atoms with Crippen LogP contribution in [0.2, 0.25) is 0 Å². The van der Waals surface area contributed by atoms with Crippen LogP contribution in [-0.2, 0) is 13.1 Å². The molecule has 6 heteroatoms. The molecule has 0 amide bonds. The van der Waals surface area contributed by atoms with Crippen LogP contribution in [0.15, 0.2) is 41.5 Å². The second-order valence-corrected chi connectivity index (χ2v) is 7.51. The van der Waals surface area contributed by atoms with E-state index in [0.29, 0.717) is 12.6 Å². The first-order valence-electron chi connectivity index (χ1n) is 8.76. The second kappa shape index (κ2) is 10.2. The molecule has 0 saturated carbocycles. The molecule has 2 N–H and O–H groups in total. The minimum atomic E-state index is 0.395. The van der Waals surface area contributed by atoms with Gasteiger partial charge in [0.1, 0.15) is 5.01 Å². The second-order valence-electron chi connectivity index (χ2n) is 6.19. The average Bonchev–Trinajstić information content (AvgIpc) is 3.03. The van der Waals surface area contributed by atoms with Crippen molar-refractivity contribution in [1.82, 2.24) is 20.5 Å². The maximum absolute atomic E-state index is 4.64. The van der Waals surface area contributed by atoms with Crippen LogP contribution in [0, 0.1) is 6.92 Å². The number of aliphatic imine (C=N–C) groups is 1. The standard InChI is InChI=1S/C19H29N5S/c1-5-20-19(23-13-18-21-12-16(3)25-18)22-11-15(2)24(4)14-17-9-7-6-8-10-17/h6-10,12,15H,5,11,13-14H2,1-4H3,(H2,20,22,23). The Balaban J connectivity index is 1.84. The number of thiazole rings is 1. The molecule has 1 aromatic heterocycles. The van der Waals surface area contributed by atoms with Crippen molar-refractivity contribution in [3.05, 3.63) is 52.0 Å². The van der Waals surface area contributed by atoms with Gasteiger partial charge in [-0.05, 0) is 33.4 Å². The van der Waals surface area contributed by atoms with Crippen molar-refractivity contribution in [2.45, 2.75) is 39.9 Å². The number of aryl methyl sites for hydroxylation is 1. The van der Waals surface area contributed by atoms with Crippen LogP contribution in [0.4, 0.5) is 0 Å². The first-order valence-corrected chi connectivity index (χ1v) is 9.57. The molecule has 1 aromatic carbocycles. The SMILES string of the molecule is CCNC(=NCc1ncc(C)s1)NCC(C)N(C)Cc1ccccc1. The highest BCUT2D eigenvalue weighted by molar-refractivity contribution is 7.11. The van der Waals surface area contributed by atoms with Crippen LogP contribution in [0.25, 0.3) is 0 Å². The number of aromatic nitrogens is 1. The van der Waals surface area contributed by atoms with E-state index in [1.807, 2.05) is 6.20 Å². The molecule has 0 aliphatic rings. The van der Waals surface area contributed by atoms with Crippen LogP contribution in [0.3, 0.4) is 0 Å². The Morgan fingerprint density at radius 2 is 2.04 bits per heavy atom. The predicted molar refractivity (Wildman–Crippen MR) is 107 cm³/mol. The van der Waals surface area contributed by atoms with E-state index in [2.05, 4.69) is 83.7 Å². The zero-order valence-electron chi connectivity index (χ0n) is 15.6. The van der Waals surface area contributed by atoms with Crippen LogP contribution in [-0.4, -0.2) is 42.0 Å². The smallest absolute Gasteiger partial charge is 0.191 e. The van der Waals surface area contributed by atoms with Gasteiger partial charge in [0, 0.05) is 36.8 Å². The number of likely N-dealkylation sites (N-methyl/N-ethyl adjacent to an activating group) is 1. The molecular weight excluding hydrogens is 330 g/mol. The van der Waals surface area contributed by atoms with Crippen molar-refractivity contribution < 1.29 is 0 Å². The summed E-state index contributed by atoms with van der Waals surface area (Å²) in [4.78, 5) is 12.6. The monoisotopic (exact) mass is 359 g/mol.